The first-order valence-corrected chi connectivity index (χ1v) is 4.71. The van der Waals surface area contributed by atoms with Gasteiger partial charge in [-0.2, -0.15) is 0 Å². The molecule has 2 aromatic heterocycles. The van der Waals surface area contributed by atoms with Crippen LogP contribution in [0.1, 0.15) is 17.0 Å². The van der Waals surface area contributed by atoms with Crippen molar-refractivity contribution >= 4 is 0 Å². The molecular weight excluding hydrogens is 192 g/mol. The molecule has 2 rings (SSSR count). The standard InChI is InChI=1S/C10H12N4O/c1-8-2-10(14-15-8)6-11-3-9-4-12-7-13-5-9/h2,4-5,7,11H,3,6H2,1H3. The van der Waals surface area contributed by atoms with Crippen molar-refractivity contribution in [3.8, 4) is 0 Å². The van der Waals surface area contributed by atoms with Gasteiger partial charge < -0.3 is 9.84 Å². The minimum Gasteiger partial charge on any atom is -0.361 e. The summed E-state index contributed by atoms with van der Waals surface area (Å²) >= 11 is 0. The Hall–Kier alpha value is -1.75. The zero-order valence-corrected chi connectivity index (χ0v) is 8.47. The summed E-state index contributed by atoms with van der Waals surface area (Å²) in [4.78, 5) is 7.86. The topological polar surface area (TPSA) is 63.8 Å². The SMILES string of the molecule is Cc1cc(CNCc2cncnc2)no1. The number of aryl methyl sites for hydroxylation is 1. The second-order valence-corrected chi connectivity index (χ2v) is 3.28. The van der Waals surface area contributed by atoms with Crippen LogP contribution in [0.15, 0.2) is 29.3 Å². The van der Waals surface area contributed by atoms with Crippen LogP contribution in [-0.4, -0.2) is 15.1 Å². The molecule has 1 N–H and O–H groups in total. The van der Waals surface area contributed by atoms with Crippen LogP contribution in [0.5, 0.6) is 0 Å². The normalized spacial score (nSPS) is 10.5. The van der Waals surface area contributed by atoms with Gasteiger partial charge in [0.05, 0.1) is 5.69 Å². The van der Waals surface area contributed by atoms with Crippen molar-refractivity contribution in [2.45, 2.75) is 20.0 Å². The lowest BCUT2D eigenvalue weighted by Gasteiger charge is -2.00. The largest absolute Gasteiger partial charge is 0.361 e. The smallest absolute Gasteiger partial charge is 0.133 e. The molecule has 0 fully saturated rings. The van der Waals surface area contributed by atoms with Crippen LogP contribution in [0.4, 0.5) is 0 Å². The molecule has 0 spiro atoms. The van der Waals surface area contributed by atoms with Crippen LogP contribution in [0, 0.1) is 6.92 Å². The van der Waals surface area contributed by atoms with Crippen LogP contribution in [0.25, 0.3) is 0 Å². The van der Waals surface area contributed by atoms with Gasteiger partial charge in [0.15, 0.2) is 0 Å². The lowest BCUT2D eigenvalue weighted by atomic mass is 10.3. The number of rotatable bonds is 4. The van der Waals surface area contributed by atoms with E-state index in [1.165, 1.54) is 6.33 Å². The van der Waals surface area contributed by atoms with Gasteiger partial charge in [-0.1, -0.05) is 5.16 Å². The summed E-state index contributed by atoms with van der Waals surface area (Å²) in [5.74, 6) is 0.829. The van der Waals surface area contributed by atoms with E-state index in [1.54, 1.807) is 12.4 Å². The Kier molecular flexibility index (Phi) is 3.04. The molecule has 0 radical (unpaired) electrons. The van der Waals surface area contributed by atoms with E-state index < -0.39 is 0 Å². The molecule has 0 saturated carbocycles. The Balaban J connectivity index is 1.80. The van der Waals surface area contributed by atoms with Gasteiger partial charge in [0.1, 0.15) is 12.1 Å². The van der Waals surface area contributed by atoms with Gasteiger partial charge in [0, 0.05) is 37.1 Å². The van der Waals surface area contributed by atoms with Gasteiger partial charge in [-0.3, -0.25) is 0 Å². The first-order chi connectivity index (χ1) is 7.34. The molecule has 15 heavy (non-hydrogen) atoms. The van der Waals surface area contributed by atoms with Crippen molar-refractivity contribution in [3.63, 3.8) is 0 Å². The molecule has 0 aliphatic heterocycles. The van der Waals surface area contributed by atoms with E-state index in [2.05, 4.69) is 20.4 Å². The molecule has 0 atom stereocenters. The van der Waals surface area contributed by atoms with E-state index in [9.17, 15) is 0 Å². The first-order valence-electron chi connectivity index (χ1n) is 4.71. The molecular formula is C10H12N4O. The maximum Gasteiger partial charge on any atom is 0.133 e. The van der Waals surface area contributed by atoms with Crippen molar-refractivity contribution in [1.29, 1.82) is 0 Å². The quantitative estimate of drug-likeness (QED) is 0.806. The van der Waals surface area contributed by atoms with Crippen molar-refractivity contribution in [2.24, 2.45) is 0 Å². The van der Waals surface area contributed by atoms with E-state index in [4.69, 9.17) is 4.52 Å². The molecule has 0 aromatic carbocycles. The lowest BCUT2D eigenvalue weighted by Crippen LogP contribution is -2.13. The first kappa shape index (κ1) is 9.79. The Morgan fingerprint density at radius 3 is 2.73 bits per heavy atom. The van der Waals surface area contributed by atoms with Crippen LogP contribution >= 0.6 is 0 Å². The third-order valence-electron chi connectivity index (χ3n) is 1.93. The molecule has 0 unspecified atom stereocenters. The number of nitrogens with one attached hydrogen (secondary N) is 1. The Bertz CT molecular complexity index is 412. The van der Waals surface area contributed by atoms with Crippen molar-refractivity contribution in [3.05, 3.63) is 41.8 Å². The number of aromatic nitrogens is 3. The lowest BCUT2D eigenvalue weighted by molar-refractivity contribution is 0.388. The molecule has 0 amide bonds. The van der Waals surface area contributed by atoms with Crippen molar-refractivity contribution < 1.29 is 4.52 Å². The van der Waals surface area contributed by atoms with E-state index >= 15 is 0 Å². The van der Waals surface area contributed by atoms with E-state index in [0.29, 0.717) is 6.54 Å². The van der Waals surface area contributed by atoms with Crippen LogP contribution < -0.4 is 5.32 Å². The average molecular weight is 204 g/mol. The van der Waals surface area contributed by atoms with Crippen molar-refractivity contribution in [2.75, 3.05) is 0 Å². The van der Waals surface area contributed by atoms with Gasteiger partial charge in [-0.05, 0) is 6.92 Å². The monoisotopic (exact) mass is 204 g/mol. The second kappa shape index (κ2) is 4.65. The fourth-order valence-corrected chi connectivity index (χ4v) is 1.26. The predicted octanol–water partition coefficient (Wildman–Crippen LogP) is 1.06. The second-order valence-electron chi connectivity index (χ2n) is 3.28. The maximum atomic E-state index is 4.95. The molecule has 5 heteroatoms. The molecule has 2 heterocycles. The third kappa shape index (κ3) is 2.85. The Labute approximate surface area is 87.5 Å². The molecule has 0 saturated heterocycles. The zero-order valence-electron chi connectivity index (χ0n) is 8.47. The van der Waals surface area contributed by atoms with Crippen LogP contribution in [0.3, 0.4) is 0 Å². The van der Waals surface area contributed by atoms with E-state index in [0.717, 1.165) is 23.6 Å². The summed E-state index contributed by atoms with van der Waals surface area (Å²) in [6.45, 7) is 3.29. The fourth-order valence-electron chi connectivity index (χ4n) is 1.26. The summed E-state index contributed by atoms with van der Waals surface area (Å²) in [5.41, 5.74) is 1.96. The van der Waals surface area contributed by atoms with Gasteiger partial charge >= 0.3 is 0 Å². The average Bonchev–Trinajstić information content (AvgIpc) is 2.66. The summed E-state index contributed by atoms with van der Waals surface area (Å²) in [7, 11) is 0. The highest BCUT2D eigenvalue weighted by molar-refractivity contribution is 5.05. The molecule has 5 nitrogen and oxygen atoms in total. The van der Waals surface area contributed by atoms with Gasteiger partial charge in [-0.25, -0.2) is 9.97 Å². The maximum absolute atomic E-state index is 4.95. The van der Waals surface area contributed by atoms with E-state index in [1.807, 2.05) is 13.0 Å². The molecule has 2 aromatic rings. The van der Waals surface area contributed by atoms with Crippen LogP contribution in [0.2, 0.25) is 0 Å². The number of nitrogens with zero attached hydrogens (tertiary/aromatic N) is 3. The highest BCUT2D eigenvalue weighted by Gasteiger charge is 1.99. The number of hydrogen-bond donors (Lipinski definition) is 1. The third-order valence-corrected chi connectivity index (χ3v) is 1.93. The van der Waals surface area contributed by atoms with E-state index in [-0.39, 0.29) is 0 Å². The molecule has 0 aliphatic carbocycles. The predicted molar refractivity (Wildman–Crippen MR) is 53.8 cm³/mol. The summed E-state index contributed by atoms with van der Waals surface area (Å²) in [6, 6.07) is 1.91. The minimum absolute atomic E-state index is 0.687. The van der Waals surface area contributed by atoms with Gasteiger partial charge in [-0.15, -0.1) is 0 Å². The highest BCUT2D eigenvalue weighted by Crippen LogP contribution is 2.01. The fraction of sp³-hybridized carbons (Fsp3) is 0.300. The van der Waals surface area contributed by atoms with Gasteiger partial charge in [0.2, 0.25) is 0 Å². The highest BCUT2D eigenvalue weighted by atomic mass is 16.5. The number of hydrogen-bond acceptors (Lipinski definition) is 5. The minimum atomic E-state index is 0.687. The Morgan fingerprint density at radius 2 is 2.07 bits per heavy atom. The summed E-state index contributed by atoms with van der Waals surface area (Å²) in [6.07, 6.45) is 5.09. The molecule has 0 aliphatic rings. The summed E-state index contributed by atoms with van der Waals surface area (Å²) < 4.78 is 4.95. The Morgan fingerprint density at radius 1 is 1.27 bits per heavy atom. The molecule has 0 bridgehead atoms. The zero-order chi connectivity index (χ0) is 10.5. The van der Waals surface area contributed by atoms with Gasteiger partial charge in [0.25, 0.3) is 0 Å². The molecule has 78 valence electrons. The summed E-state index contributed by atoms with van der Waals surface area (Å²) in [5, 5.41) is 7.11. The van der Waals surface area contributed by atoms with Crippen molar-refractivity contribution in [1.82, 2.24) is 20.4 Å². The van der Waals surface area contributed by atoms with Crippen LogP contribution in [-0.2, 0) is 13.1 Å².